The largest absolute Gasteiger partial charge is 0.507 e. The molecule has 1 aliphatic heterocycles. The Morgan fingerprint density at radius 2 is 1.84 bits per heavy atom. The van der Waals surface area contributed by atoms with E-state index in [0.29, 0.717) is 17.5 Å². The molecule has 0 aliphatic carbocycles. The van der Waals surface area contributed by atoms with Crippen molar-refractivity contribution in [3.05, 3.63) is 24.0 Å². The molecular weight excluding hydrogens is 244 g/mol. The van der Waals surface area contributed by atoms with Crippen LogP contribution in [-0.2, 0) is 6.54 Å². The number of phenols is 1. The molecule has 0 unspecified atom stereocenters. The molecule has 0 spiro atoms. The molecule has 5 nitrogen and oxygen atoms in total. The van der Waals surface area contributed by atoms with E-state index in [1.807, 2.05) is 0 Å². The van der Waals surface area contributed by atoms with Gasteiger partial charge in [-0.05, 0) is 19.2 Å². The molecule has 1 aromatic heterocycles. The van der Waals surface area contributed by atoms with Crippen LogP contribution in [0.25, 0.3) is 11.0 Å². The molecule has 1 aromatic carbocycles. The van der Waals surface area contributed by atoms with Gasteiger partial charge in [0, 0.05) is 32.7 Å². The fourth-order valence-corrected chi connectivity index (χ4v) is 2.51. The van der Waals surface area contributed by atoms with Crippen molar-refractivity contribution in [2.45, 2.75) is 6.54 Å². The third-order valence-corrected chi connectivity index (χ3v) is 3.78. The van der Waals surface area contributed by atoms with Gasteiger partial charge in [-0.3, -0.25) is 4.90 Å². The Bertz CT molecular complexity index is 586. The lowest BCUT2D eigenvalue weighted by Gasteiger charge is -2.32. The van der Waals surface area contributed by atoms with Gasteiger partial charge in [-0.25, -0.2) is 0 Å². The van der Waals surface area contributed by atoms with Crippen LogP contribution in [0, 0.1) is 0 Å². The SMILES string of the molecule is CN1CCN(Cc2c(O)ccc3c(O)coc23)CC1. The van der Waals surface area contributed by atoms with Crippen LogP contribution in [0.2, 0.25) is 0 Å². The van der Waals surface area contributed by atoms with Crippen LogP contribution in [0.5, 0.6) is 11.5 Å². The van der Waals surface area contributed by atoms with Gasteiger partial charge in [0.2, 0.25) is 0 Å². The second kappa shape index (κ2) is 4.75. The smallest absolute Gasteiger partial charge is 0.161 e. The van der Waals surface area contributed by atoms with Crippen molar-refractivity contribution in [1.29, 1.82) is 0 Å². The highest BCUT2D eigenvalue weighted by molar-refractivity contribution is 5.87. The summed E-state index contributed by atoms with van der Waals surface area (Å²) in [7, 11) is 2.11. The Morgan fingerprint density at radius 1 is 1.11 bits per heavy atom. The molecule has 1 aliphatic rings. The standard InChI is InChI=1S/C14H18N2O3/c1-15-4-6-16(7-5-15)8-11-12(17)3-2-10-13(18)9-19-14(10)11/h2-3,9,17-18H,4-8H2,1H3. The number of aromatic hydroxyl groups is 2. The maximum Gasteiger partial charge on any atom is 0.161 e. The molecule has 0 radical (unpaired) electrons. The minimum Gasteiger partial charge on any atom is -0.507 e. The van der Waals surface area contributed by atoms with Crippen molar-refractivity contribution in [2.24, 2.45) is 0 Å². The Morgan fingerprint density at radius 3 is 2.58 bits per heavy atom. The number of hydrogen-bond acceptors (Lipinski definition) is 5. The maximum absolute atomic E-state index is 10.0. The van der Waals surface area contributed by atoms with Crippen LogP contribution in [0.15, 0.2) is 22.8 Å². The molecule has 1 fully saturated rings. The van der Waals surface area contributed by atoms with Crippen molar-refractivity contribution < 1.29 is 14.6 Å². The lowest BCUT2D eigenvalue weighted by atomic mass is 10.1. The molecule has 0 amide bonds. The first kappa shape index (κ1) is 12.3. The average molecular weight is 262 g/mol. The lowest BCUT2D eigenvalue weighted by molar-refractivity contribution is 0.147. The summed E-state index contributed by atoms with van der Waals surface area (Å²) in [5.41, 5.74) is 1.33. The fourth-order valence-electron chi connectivity index (χ4n) is 2.51. The summed E-state index contributed by atoms with van der Waals surface area (Å²) in [6.45, 7) is 4.64. The normalized spacial score (nSPS) is 18.2. The topological polar surface area (TPSA) is 60.1 Å². The first-order chi connectivity index (χ1) is 9.15. The summed E-state index contributed by atoms with van der Waals surface area (Å²) in [5.74, 6) is 0.343. The second-order valence-corrected chi connectivity index (χ2v) is 5.14. The van der Waals surface area contributed by atoms with Gasteiger partial charge in [-0.1, -0.05) is 0 Å². The van der Waals surface area contributed by atoms with Crippen LogP contribution in [0.1, 0.15) is 5.56 Å². The van der Waals surface area contributed by atoms with Crippen molar-refractivity contribution in [3.8, 4) is 11.5 Å². The van der Waals surface area contributed by atoms with Crippen LogP contribution in [0.4, 0.5) is 0 Å². The van der Waals surface area contributed by atoms with Crippen LogP contribution in [-0.4, -0.2) is 53.2 Å². The van der Waals surface area contributed by atoms with Crippen molar-refractivity contribution in [3.63, 3.8) is 0 Å². The van der Waals surface area contributed by atoms with Gasteiger partial charge >= 0.3 is 0 Å². The van der Waals surface area contributed by atoms with Gasteiger partial charge < -0.3 is 19.5 Å². The molecule has 19 heavy (non-hydrogen) atoms. The number of benzene rings is 1. The number of fused-ring (bicyclic) bond motifs is 1. The molecule has 0 saturated carbocycles. The summed E-state index contributed by atoms with van der Waals surface area (Å²) in [5, 5.41) is 20.3. The fraction of sp³-hybridized carbons (Fsp3) is 0.429. The quantitative estimate of drug-likeness (QED) is 0.860. The highest BCUT2D eigenvalue weighted by Crippen LogP contribution is 2.34. The predicted molar refractivity (Wildman–Crippen MR) is 72.3 cm³/mol. The van der Waals surface area contributed by atoms with Gasteiger partial charge in [0.05, 0.1) is 10.9 Å². The summed E-state index contributed by atoms with van der Waals surface area (Å²) in [6, 6.07) is 3.29. The van der Waals surface area contributed by atoms with E-state index in [4.69, 9.17) is 4.42 Å². The molecule has 2 N–H and O–H groups in total. The highest BCUT2D eigenvalue weighted by Gasteiger charge is 2.19. The van der Waals surface area contributed by atoms with E-state index in [1.54, 1.807) is 12.1 Å². The van der Waals surface area contributed by atoms with Gasteiger partial charge in [0.1, 0.15) is 17.6 Å². The van der Waals surface area contributed by atoms with E-state index in [-0.39, 0.29) is 11.5 Å². The number of phenolic OH excluding ortho intramolecular Hbond substituents is 1. The van der Waals surface area contributed by atoms with E-state index >= 15 is 0 Å². The number of piperazine rings is 1. The molecule has 0 bridgehead atoms. The molecule has 2 heterocycles. The molecule has 2 aromatic rings. The number of furan rings is 1. The number of rotatable bonds is 2. The van der Waals surface area contributed by atoms with Crippen molar-refractivity contribution in [2.75, 3.05) is 33.2 Å². The summed E-state index contributed by atoms with van der Waals surface area (Å²) < 4.78 is 5.38. The first-order valence-corrected chi connectivity index (χ1v) is 6.47. The lowest BCUT2D eigenvalue weighted by Crippen LogP contribution is -2.43. The van der Waals surface area contributed by atoms with Gasteiger partial charge in [0.15, 0.2) is 5.75 Å². The predicted octanol–water partition coefficient (Wildman–Crippen LogP) is 1.59. The Hall–Kier alpha value is -1.72. The second-order valence-electron chi connectivity index (χ2n) is 5.14. The monoisotopic (exact) mass is 262 g/mol. The minimum atomic E-state index is 0.120. The zero-order chi connectivity index (χ0) is 13.4. The molecule has 5 heteroatoms. The third kappa shape index (κ3) is 2.27. The molecular formula is C14H18N2O3. The van der Waals surface area contributed by atoms with E-state index in [0.717, 1.165) is 31.7 Å². The zero-order valence-corrected chi connectivity index (χ0v) is 11.0. The first-order valence-electron chi connectivity index (χ1n) is 6.47. The zero-order valence-electron chi connectivity index (χ0n) is 11.0. The van der Waals surface area contributed by atoms with Crippen molar-refractivity contribution in [1.82, 2.24) is 9.80 Å². The van der Waals surface area contributed by atoms with Gasteiger partial charge in [-0.2, -0.15) is 0 Å². The van der Waals surface area contributed by atoms with Crippen molar-refractivity contribution >= 4 is 11.0 Å². The van der Waals surface area contributed by atoms with Crippen LogP contribution < -0.4 is 0 Å². The average Bonchev–Trinajstić information content (AvgIpc) is 2.77. The molecule has 3 rings (SSSR count). The number of likely N-dealkylation sites (N-methyl/N-ethyl adjacent to an activating group) is 1. The van der Waals surface area contributed by atoms with E-state index in [9.17, 15) is 10.2 Å². The minimum absolute atomic E-state index is 0.120. The third-order valence-electron chi connectivity index (χ3n) is 3.78. The van der Waals surface area contributed by atoms with E-state index < -0.39 is 0 Å². The molecule has 102 valence electrons. The number of nitrogens with zero attached hydrogens (tertiary/aromatic N) is 2. The van der Waals surface area contributed by atoms with Gasteiger partial charge in [-0.15, -0.1) is 0 Å². The summed E-state index contributed by atoms with van der Waals surface area (Å²) in [4.78, 5) is 4.57. The van der Waals surface area contributed by atoms with Crippen LogP contribution in [0.3, 0.4) is 0 Å². The summed E-state index contributed by atoms with van der Waals surface area (Å²) in [6.07, 6.45) is 1.32. The highest BCUT2D eigenvalue weighted by atomic mass is 16.4. The van der Waals surface area contributed by atoms with E-state index in [2.05, 4.69) is 16.8 Å². The summed E-state index contributed by atoms with van der Waals surface area (Å²) >= 11 is 0. The van der Waals surface area contributed by atoms with E-state index in [1.165, 1.54) is 6.26 Å². The Balaban J connectivity index is 1.89. The van der Waals surface area contributed by atoms with Crippen LogP contribution >= 0.6 is 0 Å². The maximum atomic E-state index is 10.0. The molecule has 0 atom stereocenters. The molecule has 1 saturated heterocycles. The Labute approximate surface area is 111 Å². The number of hydrogen-bond donors (Lipinski definition) is 2. The van der Waals surface area contributed by atoms with Gasteiger partial charge in [0.25, 0.3) is 0 Å². The Kier molecular flexibility index (Phi) is 3.08.